The number of rotatable bonds is 4. The number of carboxylic acid groups (broad SMARTS) is 2. The summed E-state index contributed by atoms with van der Waals surface area (Å²) in [5.41, 5.74) is 3.02. The Bertz CT molecular complexity index is 903. The zero-order valence-electron chi connectivity index (χ0n) is 14.2. The molecule has 1 aliphatic rings. The monoisotopic (exact) mass is 355 g/mol. The maximum Gasteiger partial charge on any atom is 0.337 e. The molecular formula is C20H18FNO4. The van der Waals surface area contributed by atoms with Crippen LogP contribution in [0.25, 0.3) is 5.57 Å². The first-order valence-corrected chi connectivity index (χ1v) is 8.18. The fourth-order valence-corrected chi connectivity index (χ4v) is 3.17. The Balaban J connectivity index is 1.91. The van der Waals surface area contributed by atoms with Crippen molar-refractivity contribution >= 4 is 23.2 Å². The number of nitrogens with zero attached hydrogens (tertiary/aromatic N) is 1. The SMILES string of the molecule is Cc1cc(N2CC=C(c3ccc(F)cc3)CC2)c(C(=O)O)cc1C(=O)O. The molecule has 0 unspecified atom stereocenters. The lowest BCUT2D eigenvalue weighted by molar-refractivity contribution is 0.0695. The van der Waals surface area contributed by atoms with Gasteiger partial charge in [0.1, 0.15) is 5.82 Å². The van der Waals surface area contributed by atoms with Crippen molar-refractivity contribution in [3.63, 3.8) is 0 Å². The van der Waals surface area contributed by atoms with E-state index in [1.54, 1.807) is 25.1 Å². The van der Waals surface area contributed by atoms with Gasteiger partial charge in [0.05, 0.1) is 16.8 Å². The van der Waals surface area contributed by atoms with E-state index in [1.165, 1.54) is 18.2 Å². The van der Waals surface area contributed by atoms with E-state index in [2.05, 4.69) is 0 Å². The molecule has 6 heteroatoms. The molecule has 0 atom stereocenters. The molecular weight excluding hydrogens is 337 g/mol. The Labute approximate surface area is 150 Å². The second kappa shape index (κ2) is 7.00. The number of hydrogen-bond donors (Lipinski definition) is 2. The van der Waals surface area contributed by atoms with E-state index in [-0.39, 0.29) is 16.9 Å². The highest BCUT2D eigenvalue weighted by Crippen LogP contribution is 2.30. The predicted molar refractivity (Wildman–Crippen MR) is 96.3 cm³/mol. The molecule has 0 amide bonds. The lowest BCUT2D eigenvalue weighted by Gasteiger charge is -2.30. The molecule has 0 fully saturated rings. The summed E-state index contributed by atoms with van der Waals surface area (Å²) in [4.78, 5) is 24.8. The van der Waals surface area contributed by atoms with E-state index in [0.29, 0.717) is 30.8 Å². The van der Waals surface area contributed by atoms with Crippen molar-refractivity contribution in [2.45, 2.75) is 13.3 Å². The van der Waals surface area contributed by atoms with E-state index in [4.69, 9.17) is 0 Å². The van der Waals surface area contributed by atoms with Gasteiger partial charge in [-0.15, -0.1) is 0 Å². The Morgan fingerprint density at radius 2 is 1.69 bits per heavy atom. The molecule has 2 aromatic rings. The van der Waals surface area contributed by atoms with Gasteiger partial charge in [-0.1, -0.05) is 18.2 Å². The van der Waals surface area contributed by atoms with Gasteiger partial charge in [-0.2, -0.15) is 0 Å². The highest BCUT2D eigenvalue weighted by molar-refractivity contribution is 5.99. The van der Waals surface area contributed by atoms with E-state index in [0.717, 1.165) is 11.1 Å². The first-order valence-electron chi connectivity index (χ1n) is 8.18. The molecule has 5 nitrogen and oxygen atoms in total. The van der Waals surface area contributed by atoms with Gasteiger partial charge < -0.3 is 15.1 Å². The molecule has 134 valence electrons. The summed E-state index contributed by atoms with van der Waals surface area (Å²) < 4.78 is 13.1. The molecule has 0 radical (unpaired) electrons. The number of aryl methyl sites for hydroxylation is 1. The minimum atomic E-state index is -1.16. The van der Waals surface area contributed by atoms with Gasteiger partial charge in [0.2, 0.25) is 0 Å². The quantitative estimate of drug-likeness (QED) is 0.872. The maximum absolute atomic E-state index is 13.1. The van der Waals surface area contributed by atoms with E-state index >= 15 is 0 Å². The van der Waals surface area contributed by atoms with Crippen LogP contribution in [0, 0.1) is 12.7 Å². The molecule has 3 rings (SSSR count). The molecule has 2 aromatic carbocycles. The van der Waals surface area contributed by atoms with Crippen molar-refractivity contribution in [3.05, 3.63) is 70.5 Å². The molecule has 2 N–H and O–H groups in total. The summed E-state index contributed by atoms with van der Waals surface area (Å²) in [5.74, 6) is -2.59. The van der Waals surface area contributed by atoms with Gasteiger partial charge in [0.25, 0.3) is 0 Å². The van der Waals surface area contributed by atoms with Crippen LogP contribution in [0.3, 0.4) is 0 Å². The Morgan fingerprint density at radius 1 is 1.04 bits per heavy atom. The summed E-state index contributed by atoms with van der Waals surface area (Å²) in [5, 5.41) is 18.7. The van der Waals surface area contributed by atoms with Crippen LogP contribution >= 0.6 is 0 Å². The van der Waals surface area contributed by atoms with Crippen molar-refractivity contribution in [1.29, 1.82) is 0 Å². The van der Waals surface area contributed by atoms with Crippen molar-refractivity contribution in [1.82, 2.24) is 0 Å². The lowest BCUT2D eigenvalue weighted by Crippen LogP contribution is -2.30. The first-order chi connectivity index (χ1) is 12.4. The lowest BCUT2D eigenvalue weighted by atomic mass is 9.97. The third-order valence-corrected chi connectivity index (χ3v) is 4.57. The molecule has 26 heavy (non-hydrogen) atoms. The average Bonchev–Trinajstić information content (AvgIpc) is 2.61. The smallest absolute Gasteiger partial charge is 0.337 e. The number of carbonyl (C=O) groups is 2. The van der Waals surface area contributed by atoms with Gasteiger partial charge in [0, 0.05) is 13.1 Å². The summed E-state index contributed by atoms with van der Waals surface area (Å²) in [6.07, 6.45) is 2.67. The zero-order valence-corrected chi connectivity index (χ0v) is 14.2. The molecule has 0 aromatic heterocycles. The van der Waals surface area contributed by atoms with Gasteiger partial charge >= 0.3 is 11.9 Å². The van der Waals surface area contributed by atoms with Crippen LogP contribution in [-0.4, -0.2) is 35.2 Å². The normalized spacial score (nSPS) is 14.1. The second-order valence-corrected chi connectivity index (χ2v) is 6.23. The second-order valence-electron chi connectivity index (χ2n) is 6.23. The van der Waals surface area contributed by atoms with Crippen LogP contribution in [0.1, 0.15) is 38.3 Å². The van der Waals surface area contributed by atoms with Gasteiger partial charge in [0.15, 0.2) is 0 Å². The summed E-state index contributed by atoms with van der Waals surface area (Å²) in [7, 11) is 0. The number of benzene rings is 2. The third kappa shape index (κ3) is 3.44. The fraction of sp³-hybridized carbons (Fsp3) is 0.200. The van der Waals surface area contributed by atoms with Crippen molar-refractivity contribution < 1.29 is 24.2 Å². The highest BCUT2D eigenvalue weighted by Gasteiger charge is 2.22. The number of hydrogen-bond acceptors (Lipinski definition) is 3. The first kappa shape index (κ1) is 17.7. The van der Waals surface area contributed by atoms with Gasteiger partial charge in [-0.3, -0.25) is 0 Å². The minimum Gasteiger partial charge on any atom is -0.478 e. The van der Waals surface area contributed by atoms with Gasteiger partial charge in [-0.05, 0) is 54.3 Å². The number of anilines is 1. The van der Waals surface area contributed by atoms with Crippen LogP contribution in [0.15, 0.2) is 42.5 Å². The molecule has 0 saturated carbocycles. The van der Waals surface area contributed by atoms with Crippen LogP contribution in [0.2, 0.25) is 0 Å². The Morgan fingerprint density at radius 3 is 2.23 bits per heavy atom. The van der Waals surface area contributed by atoms with E-state index in [1.807, 2.05) is 11.0 Å². The van der Waals surface area contributed by atoms with Crippen LogP contribution in [0.4, 0.5) is 10.1 Å². The fourth-order valence-electron chi connectivity index (χ4n) is 3.17. The summed E-state index contributed by atoms with van der Waals surface area (Å²) in [6, 6.07) is 9.12. The third-order valence-electron chi connectivity index (χ3n) is 4.57. The summed E-state index contributed by atoms with van der Waals surface area (Å²) >= 11 is 0. The van der Waals surface area contributed by atoms with Gasteiger partial charge in [-0.25, -0.2) is 14.0 Å². The van der Waals surface area contributed by atoms with E-state index < -0.39 is 11.9 Å². The Hall–Kier alpha value is -3.15. The van der Waals surface area contributed by atoms with Crippen LogP contribution in [0.5, 0.6) is 0 Å². The standard InChI is InChI=1S/C20H18FNO4/c1-12-10-18(17(20(25)26)11-16(12)19(23)24)22-8-6-14(7-9-22)13-2-4-15(21)5-3-13/h2-6,10-11H,7-9H2,1H3,(H,23,24)(H,25,26). The number of halogens is 1. The minimum absolute atomic E-state index is 0.00861. The molecule has 0 spiro atoms. The highest BCUT2D eigenvalue weighted by atomic mass is 19.1. The average molecular weight is 355 g/mol. The van der Waals surface area contributed by atoms with Crippen molar-refractivity contribution in [3.8, 4) is 0 Å². The summed E-state index contributed by atoms with van der Waals surface area (Å²) in [6.45, 7) is 2.75. The maximum atomic E-state index is 13.1. The van der Waals surface area contributed by atoms with Crippen LogP contribution in [-0.2, 0) is 0 Å². The van der Waals surface area contributed by atoms with Crippen molar-refractivity contribution in [2.75, 3.05) is 18.0 Å². The molecule has 0 aliphatic carbocycles. The Kier molecular flexibility index (Phi) is 4.75. The van der Waals surface area contributed by atoms with Crippen molar-refractivity contribution in [2.24, 2.45) is 0 Å². The molecule has 1 aliphatic heterocycles. The zero-order chi connectivity index (χ0) is 18.8. The topological polar surface area (TPSA) is 77.8 Å². The molecule has 1 heterocycles. The number of aromatic carboxylic acids is 2. The number of carboxylic acids is 2. The largest absolute Gasteiger partial charge is 0.478 e. The molecule has 0 bridgehead atoms. The predicted octanol–water partition coefficient (Wildman–Crippen LogP) is 3.82. The van der Waals surface area contributed by atoms with Crippen LogP contribution < -0.4 is 4.90 Å². The van der Waals surface area contributed by atoms with E-state index in [9.17, 15) is 24.2 Å². The molecule has 0 saturated heterocycles.